The predicted molar refractivity (Wildman–Crippen MR) is 78.7 cm³/mol. The fraction of sp³-hybridized carbons (Fsp3) is 0.500. The molecule has 106 valence electrons. The molecule has 0 N–H and O–H groups in total. The van der Waals surface area contributed by atoms with Gasteiger partial charge in [0.15, 0.2) is 10.8 Å². The smallest absolute Gasteiger partial charge is 0.233 e. The Morgan fingerprint density at radius 3 is 3.20 bits per heavy atom. The van der Waals surface area contributed by atoms with Gasteiger partial charge < -0.3 is 4.90 Å². The molecule has 0 aliphatic carbocycles. The van der Waals surface area contributed by atoms with Gasteiger partial charge >= 0.3 is 0 Å². The summed E-state index contributed by atoms with van der Waals surface area (Å²) in [6, 6.07) is 5.78. The quantitative estimate of drug-likeness (QED) is 0.812. The maximum Gasteiger partial charge on any atom is 0.233 e. The normalized spacial score (nSPS) is 19.4. The predicted octanol–water partition coefficient (Wildman–Crippen LogP) is 2.08. The first-order valence-corrected chi connectivity index (χ1v) is 7.93. The Kier molecular flexibility index (Phi) is 3.91. The molecule has 1 aliphatic heterocycles. The van der Waals surface area contributed by atoms with E-state index in [2.05, 4.69) is 17.1 Å². The summed E-state index contributed by atoms with van der Waals surface area (Å²) in [5.74, 6) is 1.25. The van der Waals surface area contributed by atoms with E-state index in [0.29, 0.717) is 11.7 Å². The zero-order chi connectivity index (χ0) is 13.9. The molecule has 0 saturated carbocycles. The largest absolute Gasteiger partial charge is 0.342 e. The van der Waals surface area contributed by atoms with Crippen LogP contribution in [0.2, 0.25) is 0 Å². The second-order valence-electron chi connectivity index (χ2n) is 5.29. The maximum absolute atomic E-state index is 12.2. The van der Waals surface area contributed by atoms with Crippen molar-refractivity contribution < 1.29 is 4.79 Å². The topological polar surface area (TPSA) is 50.5 Å². The van der Waals surface area contributed by atoms with Crippen molar-refractivity contribution in [2.45, 2.75) is 24.9 Å². The van der Waals surface area contributed by atoms with Crippen LogP contribution in [0.15, 0.2) is 29.6 Å². The van der Waals surface area contributed by atoms with E-state index in [1.807, 2.05) is 33.7 Å². The van der Waals surface area contributed by atoms with Crippen molar-refractivity contribution in [3.63, 3.8) is 0 Å². The zero-order valence-corrected chi connectivity index (χ0v) is 12.3. The Labute approximate surface area is 122 Å². The number of pyridine rings is 1. The Balaban J connectivity index is 1.63. The van der Waals surface area contributed by atoms with E-state index < -0.39 is 0 Å². The molecule has 1 amide bonds. The van der Waals surface area contributed by atoms with Gasteiger partial charge in [-0.15, -0.1) is 10.2 Å². The first kappa shape index (κ1) is 13.4. The maximum atomic E-state index is 12.2. The lowest BCUT2D eigenvalue weighted by Gasteiger charge is -2.30. The summed E-state index contributed by atoms with van der Waals surface area (Å²) in [7, 11) is 0. The van der Waals surface area contributed by atoms with Crippen LogP contribution in [0.3, 0.4) is 0 Å². The Bertz CT molecular complexity index is 612. The van der Waals surface area contributed by atoms with Crippen molar-refractivity contribution >= 4 is 23.3 Å². The third-order valence-electron chi connectivity index (χ3n) is 3.62. The number of hydrogen-bond acceptors (Lipinski definition) is 4. The lowest BCUT2D eigenvalue weighted by Crippen LogP contribution is -2.40. The van der Waals surface area contributed by atoms with E-state index in [0.717, 1.165) is 30.3 Å². The number of piperidine rings is 1. The molecule has 1 atom stereocenters. The lowest BCUT2D eigenvalue weighted by atomic mass is 10.0. The van der Waals surface area contributed by atoms with Crippen LogP contribution in [0.5, 0.6) is 0 Å². The van der Waals surface area contributed by atoms with Gasteiger partial charge in [-0.05, 0) is 30.9 Å². The average molecular weight is 290 g/mol. The molecule has 6 heteroatoms. The molecule has 3 rings (SSSR count). The number of rotatable bonds is 3. The summed E-state index contributed by atoms with van der Waals surface area (Å²) in [4.78, 5) is 14.2. The fourth-order valence-corrected chi connectivity index (χ4v) is 3.38. The van der Waals surface area contributed by atoms with Crippen molar-refractivity contribution in [3.05, 3.63) is 24.4 Å². The summed E-state index contributed by atoms with van der Waals surface area (Å²) in [6.07, 6.45) is 4.27. The molecule has 0 spiro atoms. The molecular weight excluding hydrogens is 272 g/mol. The summed E-state index contributed by atoms with van der Waals surface area (Å²) in [6.45, 7) is 3.99. The van der Waals surface area contributed by atoms with E-state index in [-0.39, 0.29) is 5.91 Å². The van der Waals surface area contributed by atoms with Gasteiger partial charge in [-0.2, -0.15) is 0 Å². The highest BCUT2D eigenvalue weighted by Crippen LogP contribution is 2.20. The summed E-state index contributed by atoms with van der Waals surface area (Å²) >= 11 is 1.46. The van der Waals surface area contributed by atoms with Gasteiger partial charge in [0.1, 0.15) is 0 Å². The van der Waals surface area contributed by atoms with E-state index >= 15 is 0 Å². The van der Waals surface area contributed by atoms with Crippen molar-refractivity contribution in [2.75, 3.05) is 18.8 Å². The first-order chi connectivity index (χ1) is 9.74. The summed E-state index contributed by atoms with van der Waals surface area (Å²) < 4.78 is 1.91. The van der Waals surface area contributed by atoms with E-state index in [1.165, 1.54) is 18.2 Å². The number of thioether (sulfide) groups is 1. The van der Waals surface area contributed by atoms with Gasteiger partial charge in [0.25, 0.3) is 0 Å². The van der Waals surface area contributed by atoms with Crippen molar-refractivity contribution in [1.82, 2.24) is 19.5 Å². The van der Waals surface area contributed by atoms with E-state index in [9.17, 15) is 4.79 Å². The van der Waals surface area contributed by atoms with Crippen LogP contribution in [0.1, 0.15) is 19.8 Å². The molecule has 5 nitrogen and oxygen atoms in total. The van der Waals surface area contributed by atoms with Gasteiger partial charge in [0.2, 0.25) is 5.91 Å². The van der Waals surface area contributed by atoms with Crippen LogP contribution in [-0.4, -0.2) is 44.2 Å². The second-order valence-corrected chi connectivity index (χ2v) is 6.23. The van der Waals surface area contributed by atoms with Gasteiger partial charge in [-0.3, -0.25) is 9.20 Å². The number of amides is 1. The van der Waals surface area contributed by atoms with Gasteiger partial charge in [0, 0.05) is 19.3 Å². The van der Waals surface area contributed by atoms with Gasteiger partial charge in [-0.25, -0.2) is 0 Å². The number of hydrogen-bond donors (Lipinski definition) is 0. The molecule has 0 bridgehead atoms. The molecular formula is C14H18N4OS. The number of aromatic nitrogens is 3. The number of nitrogens with zero attached hydrogens (tertiary/aromatic N) is 4. The Morgan fingerprint density at radius 1 is 1.45 bits per heavy atom. The highest BCUT2D eigenvalue weighted by atomic mass is 32.2. The monoisotopic (exact) mass is 290 g/mol. The highest BCUT2D eigenvalue weighted by Gasteiger charge is 2.21. The Morgan fingerprint density at radius 2 is 2.35 bits per heavy atom. The Hall–Kier alpha value is -1.56. The minimum atomic E-state index is 0.203. The van der Waals surface area contributed by atoms with Gasteiger partial charge in [-0.1, -0.05) is 24.8 Å². The van der Waals surface area contributed by atoms with Crippen LogP contribution >= 0.6 is 11.8 Å². The van der Waals surface area contributed by atoms with Crippen molar-refractivity contribution in [3.8, 4) is 0 Å². The molecule has 0 aromatic carbocycles. The summed E-state index contributed by atoms with van der Waals surface area (Å²) in [5.41, 5.74) is 0.814. The minimum absolute atomic E-state index is 0.203. The van der Waals surface area contributed by atoms with Crippen LogP contribution < -0.4 is 0 Å². The van der Waals surface area contributed by atoms with Crippen LogP contribution in [0, 0.1) is 5.92 Å². The third kappa shape index (κ3) is 2.80. The van der Waals surface area contributed by atoms with Crippen LogP contribution in [-0.2, 0) is 4.79 Å². The van der Waals surface area contributed by atoms with Gasteiger partial charge in [0.05, 0.1) is 5.75 Å². The van der Waals surface area contributed by atoms with Crippen LogP contribution in [0.25, 0.3) is 5.65 Å². The summed E-state index contributed by atoms with van der Waals surface area (Å²) in [5, 5.41) is 9.00. The molecule has 1 aliphatic rings. The van der Waals surface area contributed by atoms with E-state index in [4.69, 9.17) is 0 Å². The van der Waals surface area contributed by atoms with Crippen molar-refractivity contribution in [2.24, 2.45) is 5.92 Å². The van der Waals surface area contributed by atoms with E-state index in [1.54, 1.807) is 0 Å². The molecule has 2 aromatic rings. The number of carbonyl (C=O) groups is 1. The molecule has 20 heavy (non-hydrogen) atoms. The SMILES string of the molecule is CC1CCCN(C(=O)CSc2nnc3ccccn23)C1. The number of carbonyl (C=O) groups excluding carboxylic acids is 1. The first-order valence-electron chi connectivity index (χ1n) is 6.94. The molecule has 0 radical (unpaired) electrons. The third-order valence-corrected chi connectivity index (χ3v) is 4.54. The molecule has 1 unspecified atom stereocenters. The zero-order valence-electron chi connectivity index (χ0n) is 11.5. The number of fused-ring (bicyclic) bond motifs is 1. The molecule has 2 aromatic heterocycles. The second kappa shape index (κ2) is 5.83. The highest BCUT2D eigenvalue weighted by molar-refractivity contribution is 7.99. The standard InChI is InChI=1S/C14H18N4OS/c1-11-5-4-7-17(9-11)13(19)10-20-14-16-15-12-6-2-3-8-18(12)14/h2-3,6,8,11H,4-5,7,9-10H2,1H3. The minimum Gasteiger partial charge on any atom is -0.342 e. The molecule has 3 heterocycles. The average Bonchev–Trinajstić information content (AvgIpc) is 2.88. The fourth-order valence-electron chi connectivity index (χ4n) is 2.55. The number of likely N-dealkylation sites (tertiary alicyclic amines) is 1. The van der Waals surface area contributed by atoms with Crippen LogP contribution in [0.4, 0.5) is 0 Å². The molecule has 1 fully saturated rings. The van der Waals surface area contributed by atoms with Crippen molar-refractivity contribution in [1.29, 1.82) is 0 Å². The lowest BCUT2D eigenvalue weighted by molar-refractivity contribution is -0.130. The molecule has 1 saturated heterocycles.